The zero-order valence-corrected chi connectivity index (χ0v) is 20.2. The Morgan fingerprint density at radius 1 is 1.05 bits per heavy atom. The van der Waals surface area contributed by atoms with Crippen molar-refractivity contribution in [2.75, 3.05) is 0 Å². The van der Waals surface area contributed by atoms with Crippen LogP contribution >= 0.6 is 0 Å². The molecule has 0 saturated heterocycles. The Kier molecular flexibility index (Phi) is 5.83. The highest BCUT2D eigenvalue weighted by Gasteiger charge is 2.36. The molecule has 188 valence electrons. The fraction of sp³-hybridized carbons (Fsp3) is 0.276. The van der Waals surface area contributed by atoms with Crippen LogP contribution in [0.1, 0.15) is 42.0 Å². The topological polar surface area (TPSA) is 88.2 Å². The number of rotatable bonds is 6. The van der Waals surface area contributed by atoms with Crippen LogP contribution in [0.5, 0.6) is 0 Å². The van der Waals surface area contributed by atoms with Crippen LogP contribution in [0.15, 0.2) is 59.1 Å². The van der Waals surface area contributed by atoms with E-state index in [1.807, 2.05) is 19.1 Å². The maximum absolute atomic E-state index is 15.1. The molecule has 6 nitrogen and oxygen atoms in total. The number of hydrogen-bond donors (Lipinski definition) is 2. The molecule has 1 aromatic heterocycles. The highest BCUT2D eigenvalue weighted by Crippen LogP contribution is 2.38. The molecule has 0 spiro atoms. The van der Waals surface area contributed by atoms with E-state index in [1.165, 1.54) is 29.3 Å². The van der Waals surface area contributed by atoms with Crippen molar-refractivity contribution in [3.05, 3.63) is 82.9 Å². The van der Waals surface area contributed by atoms with Crippen molar-refractivity contribution in [2.24, 2.45) is 5.92 Å². The standard InChI is InChI=1S/C29H25F2N3O3/c1-15-9-24(25(31)14-23(15)16-3-2-4-20(30)11-16)28-33-27(34-37-28)18-5-7-22-17(10-18)6-8-26(22)32-21-12-19(13-21)29(35)36/h2-5,7,9-11,14,19,21,26,32H,6,8,12-13H2,1H3,(H,35,36). The lowest BCUT2D eigenvalue weighted by molar-refractivity contribution is -0.145. The molecule has 0 aliphatic heterocycles. The van der Waals surface area contributed by atoms with Gasteiger partial charge in [-0.3, -0.25) is 4.79 Å². The number of aliphatic carboxylic acids is 1. The Labute approximate surface area is 212 Å². The van der Waals surface area contributed by atoms with Crippen LogP contribution in [0.2, 0.25) is 0 Å². The molecule has 0 bridgehead atoms. The molecule has 1 atom stereocenters. The van der Waals surface area contributed by atoms with Crippen molar-refractivity contribution in [3.63, 3.8) is 0 Å². The zero-order valence-electron chi connectivity index (χ0n) is 20.2. The van der Waals surface area contributed by atoms with Gasteiger partial charge in [-0.2, -0.15) is 4.98 Å². The fourth-order valence-electron chi connectivity index (χ4n) is 5.43. The first kappa shape index (κ1) is 23.5. The third-order valence-electron chi connectivity index (χ3n) is 7.51. The second-order valence-electron chi connectivity index (χ2n) is 9.96. The minimum absolute atomic E-state index is 0.0828. The van der Waals surface area contributed by atoms with Crippen molar-refractivity contribution in [1.82, 2.24) is 15.5 Å². The number of carbonyl (C=O) groups is 1. The Morgan fingerprint density at radius 3 is 2.68 bits per heavy atom. The molecule has 1 unspecified atom stereocenters. The van der Waals surface area contributed by atoms with Gasteiger partial charge in [-0.1, -0.05) is 29.4 Å². The quantitative estimate of drug-likeness (QED) is 0.332. The molecule has 3 aromatic carbocycles. The van der Waals surface area contributed by atoms with Crippen LogP contribution in [0.25, 0.3) is 34.0 Å². The first-order chi connectivity index (χ1) is 17.9. The molecule has 0 radical (unpaired) electrons. The summed E-state index contributed by atoms with van der Waals surface area (Å²) >= 11 is 0. The Balaban J connectivity index is 1.21. The summed E-state index contributed by atoms with van der Waals surface area (Å²) < 4.78 is 34.2. The predicted molar refractivity (Wildman–Crippen MR) is 134 cm³/mol. The molecule has 1 fully saturated rings. The van der Waals surface area contributed by atoms with E-state index in [4.69, 9.17) is 9.63 Å². The smallest absolute Gasteiger partial charge is 0.306 e. The van der Waals surface area contributed by atoms with Crippen molar-refractivity contribution in [3.8, 4) is 34.0 Å². The second-order valence-corrected chi connectivity index (χ2v) is 9.96. The van der Waals surface area contributed by atoms with Gasteiger partial charge in [0.2, 0.25) is 5.82 Å². The van der Waals surface area contributed by atoms with Crippen LogP contribution in [0, 0.1) is 24.5 Å². The van der Waals surface area contributed by atoms with Crippen LogP contribution in [0.3, 0.4) is 0 Å². The van der Waals surface area contributed by atoms with Gasteiger partial charge in [0.1, 0.15) is 11.6 Å². The number of halogens is 2. The first-order valence-corrected chi connectivity index (χ1v) is 12.4. The number of carboxylic acids is 1. The van der Waals surface area contributed by atoms with E-state index in [0.717, 1.165) is 24.0 Å². The van der Waals surface area contributed by atoms with E-state index >= 15 is 4.39 Å². The molecule has 8 heteroatoms. The van der Waals surface area contributed by atoms with Gasteiger partial charge in [0.15, 0.2) is 0 Å². The zero-order chi connectivity index (χ0) is 25.7. The second kappa shape index (κ2) is 9.19. The first-order valence-electron chi connectivity index (χ1n) is 12.4. The van der Waals surface area contributed by atoms with Crippen LogP contribution in [0.4, 0.5) is 8.78 Å². The molecular weight excluding hydrogens is 476 g/mol. The average Bonchev–Trinajstić information content (AvgIpc) is 3.49. The maximum atomic E-state index is 15.1. The lowest BCUT2D eigenvalue weighted by atomic mass is 9.80. The summed E-state index contributed by atoms with van der Waals surface area (Å²) in [6, 6.07) is 15.5. The summed E-state index contributed by atoms with van der Waals surface area (Å²) in [7, 11) is 0. The minimum Gasteiger partial charge on any atom is -0.481 e. The van der Waals surface area contributed by atoms with E-state index < -0.39 is 11.8 Å². The van der Waals surface area contributed by atoms with E-state index in [9.17, 15) is 9.18 Å². The molecular formula is C29H25F2N3O3. The molecule has 2 aliphatic rings. The molecule has 6 rings (SSSR count). The third-order valence-corrected chi connectivity index (χ3v) is 7.51. The number of carboxylic acid groups (broad SMARTS) is 1. The van der Waals surface area contributed by atoms with Gasteiger partial charge in [-0.25, -0.2) is 8.78 Å². The van der Waals surface area contributed by atoms with Crippen molar-refractivity contribution in [2.45, 2.75) is 44.7 Å². The third kappa shape index (κ3) is 4.42. The molecule has 2 aliphatic carbocycles. The van der Waals surface area contributed by atoms with Crippen LogP contribution in [-0.2, 0) is 11.2 Å². The van der Waals surface area contributed by atoms with Gasteiger partial charge in [-0.15, -0.1) is 0 Å². The minimum atomic E-state index is -0.716. The highest BCUT2D eigenvalue weighted by molar-refractivity contribution is 5.72. The normalized spacial score (nSPS) is 20.5. The van der Waals surface area contributed by atoms with Gasteiger partial charge in [0.25, 0.3) is 5.89 Å². The summed E-state index contributed by atoms with van der Waals surface area (Å²) in [5, 5.41) is 16.8. The summed E-state index contributed by atoms with van der Waals surface area (Å²) in [6.07, 6.45) is 3.19. The van der Waals surface area contributed by atoms with Gasteiger partial charge in [-0.05, 0) is 90.8 Å². The Hall–Kier alpha value is -3.91. The van der Waals surface area contributed by atoms with Crippen LogP contribution < -0.4 is 5.32 Å². The number of aromatic nitrogens is 2. The van der Waals surface area contributed by atoms with E-state index in [2.05, 4.69) is 21.5 Å². The van der Waals surface area contributed by atoms with Crippen molar-refractivity contribution < 1.29 is 23.2 Å². The largest absolute Gasteiger partial charge is 0.481 e. The highest BCUT2D eigenvalue weighted by atomic mass is 19.1. The fourth-order valence-corrected chi connectivity index (χ4v) is 5.43. The van der Waals surface area contributed by atoms with E-state index in [1.54, 1.807) is 18.2 Å². The Morgan fingerprint density at radius 2 is 1.89 bits per heavy atom. The number of benzene rings is 3. The maximum Gasteiger partial charge on any atom is 0.306 e. The molecule has 1 heterocycles. The molecule has 37 heavy (non-hydrogen) atoms. The number of nitrogens with one attached hydrogen (secondary N) is 1. The van der Waals surface area contributed by atoms with Gasteiger partial charge in [0, 0.05) is 17.6 Å². The van der Waals surface area contributed by atoms with Crippen molar-refractivity contribution in [1.29, 1.82) is 0 Å². The molecule has 0 amide bonds. The monoisotopic (exact) mass is 501 g/mol. The lowest BCUT2D eigenvalue weighted by Crippen LogP contribution is -2.45. The summed E-state index contributed by atoms with van der Waals surface area (Å²) in [5.41, 5.74) is 5.35. The van der Waals surface area contributed by atoms with Gasteiger partial charge < -0.3 is 14.9 Å². The van der Waals surface area contributed by atoms with Gasteiger partial charge in [0.05, 0.1) is 11.5 Å². The summed E-state index contributed by atoms with van der Waals surface area (Å²) in [4.78, 5) is 15.5. The molecule has 2 N–H and O–H groups in total. The van der Waals surface area contributed by atoms with E-state index in [-0.39, 0.29) is 35.3 Å². The number of fused-ring (bicyclic) bond motifs is 1. The van der Waals surface area contributed by atoms with Crippen molar-refractivity contribution >= 4 is 5.97 Å². The number of hydrogen-bond acceptors (Lipinski definition) is 5. The molecule has 4 aromatic rings. The summed E-state index contributed by atoms with van der Waals surface area (Å²) in [5.74, 6) is -1.40. The van der Waals surface area contributed by atoms with Crippen LogP contribution in [-0.4, -0.2) is 27.3 Å². The predicted octanol–water partition coefficient (Wildman–Crippen LogP) is 6.10. The average molecular weight is 502 g/mol. The molecule has 1 saturated carbocycles. The Bertz CT molecular complexity index is 1510. The van der Waals surface area contributed by atoms with E-state index in [0.29, 0.717) is 29.8 Å². The summed E-state index contributed by atoms with van der Waals surface area (Å²) in [6.45, 7) is 1.83. The van der Waals surface area contributed by atoms with Gasteiger partial charge >= 0.3 is 5.97 Å². The number of nitrogens with zero attached hydrogens (tertiary/aromatic N) is 2. The number of aryl methyl sites for hydroxylation is 2. The SMILES string of the molecule is Cc1cc(-c2nc(-c3ccc4c(c3)CCC4NC3CC(C(=O)O)C3)no2)c(F)cc1-c1cccc(F)c1. The lowest BCUT2D eigenvalue weighted by Gasteiger charge is -2.35.